The van der Waals surface area contributed by atoms with Crippen LogP contribution in [-0.2, 0) is 14.8 Å². The van der Waals surface area contributed by atoms with E-state index in [1.54, 1.807) is 29.6 Å². The minimum atomic E-state index is -3.94. The Balaban J connectivity index is 1.82. The summed E-state index contributed by atoms with van der Waals surface area (Å²) >= 11 is 7.20. The minimum Gasteiger partial charge on any atom is -0.479 e. The van der Waals surface area contributed by atoms with Gasteiger partial charge in [0, 0.05) is 5.56 Å². The molecule has 0 fully saturated rings. The highest BCUT2D eigenvalue weighted by Gasteiger charge is 2.22. The summed E-state index contributed by atoms with van der Waals surface area (Å²) in [6.45, 7) is 3.22. The third-order valence-corrected chi connectivity index (χ3v) is 7.50. The summed E-state index contributed by atoms with van der Waals surface area (Å²) in [5.74, 6) is -1.57. The fourth-order valence-corrected chi connectivity index (χ4v) is 5.13. The minimum absolute atomic E-state index is 0.0359. The number of nitrogens with one attached hydrogen (secondary N) is 2. The highest BCUT2D eigenvalue weighted by Crippen LogP contribution is 2.29. The number of halogens is 1. The average Bonchev–Trinajstić information content (AvgIpc) is 3.32. The van der Waals surface area contributed by atoms with E-state index in [4.69, 9.17) is 21.4 Å². The van der Waals surface area contributed by atoms with Crippen LogP contribution in [0, 0.1) is 6.92 Å². The molecular weight excluding hydrogens is 502 g/mol. The predicted octanol–water partition coefficient (Wildman–Crippen LogP) is 4.13. The molecule has 0 radical (unpaired) electrons. The molecule has 1 heterocycles. The molecule has 0 aliphatic rings. The van der Waals surface area contributed by atoms with Gasteiger partial charge in [-0.25, -0.2) is 18.6 Å². The molecule has 0 aliphatic heterocycles. The molecule has 2 aromatic carbocycles. The van der Waals surface area contributed by atoms with Gasteiger partial charge in [0.2, 0.25) is 0 Å². The van der Waals surface area contributed by atoms with E-state index in [9.17, 15) is 18.0 Å². The number of amides is 1. The molecule has 1 aromatic heterocycles. The molecule has 12 heteroatoms. The zero-order valence-electron chi connectivity index (χ0n) is 18.0. The number of thiophene rings is 1. The molecule has 0 saturated carbocycles. The van der Waals surface area contributed by atoms with Crippen LogP contribution < -0.4 is 14.9 Å². The fraction of sp³-hybridized carbons (Fsp3) is 0.136. The summed E-state index contributed by atoms with van der Waals surface area (Å²) in [6, 6.07) is 12.4. The van der Waals surface area contributed by atoms with Gasteiger partial charge < -0.3 is 9.84 Å². The van der Waals surface area contributed by atoms with Crippen molar-refractivity contribution in [1.82, 2.24) is 5.43 Å². The summed E-state index contributed by atoms with van der Waals surface area (Å²) in [5, 5.41) is 14.6. The maximum Gasteiger partial charge on any atom is 0.344 e. The summed E-state index contributed by atoms with van der Waals surface area (Å²) in [6.07, 6.45) is 0.212. The zero-order valence-corrected chi connectivity index (χ0v) is 20.4. The van der Waals surface area contributed by atoms with Gasteiger partial charge in [0.1, 0.15) is 9.96 Å². The van der Waals surface area contributed by atoms with Crippen LogP contribution in [0.1, 0.15) is 28.4 Å². The lowest BCUT2D eigenvalue weighted by atomic mass is 10.1. The molecule has 0 saturated heterocycles. The Morgan fingerprint density at radius 2 is 1.97 bits per heavy atom. The second kappa shape index (κ2) is 10.7. The Labute approximate surface area is 205 Å². The van der Waals surface area contributed by atoms with Gasteiger partial charge in [-0.15, -0.1) is 11.3 Å². The first-order valence-electron chi connectivity index (χ1n) is 9.77. The van der Waals surface area contributed by atoms with Crippen LogP contribution in [-0.4, -0.2) is 37.7 Å². The Bertz CT molecular complexity index is 1340. The van der Waals surface area contributed by atoms with Gasteiger partial charge in [0.15, 0.2) is 6.10 Å². The summed E-state index contributed by atoms with van der Waals surface area (Å²) < 4.78 is 33.1. The normalized spacial score (nSPS) is 12.3. The number of anilines is 1. The number of carbonyl (C=O) groups is 2. The van der Waals surface area contributed by atoms with Crippen LogP contribution in [0.2, 0.25) is 5.02 Å². The van der Waals surface area contributed by atoms with E-state index in [0.29, 0.717) is 5.56 Å². The highest BCUT2D eigenvalue weighted by molar-refractivity contribution is 7.94. The number of aryl methyl sites for hydroxylation is 1. The number of carbonyl (C=O) groups excluding carboxylic acids is 1. The van der Waals surface area contributed by atoms with E-state index < -0.39 is 28.0 Å². The Hall–Kier alpha value is -3.41. The molecule has 3 rings (SSSR count). The molecule has 0 bridgehead atoms. The zero-order chi connectivity index (χ0) is 24.9. The molecular formula is C22H20ClN3O6S2. The van der Waals surface area contributed by atoms with Crippen molar-refractivity contribution in [2.45, 2.75) is 24.2 Å². The SMILES string of the molecule is Cc1ccc(OC(C)C(=O)O)c(/C=N\NC(=O)c2cccc(Cl)c2NS(=O)(=O)c2cccs2)c1. The van der Waals surface area contributed by atoms with Crippen LogP contribution in [0.25, 0.3) is 0 Å². The number of rotatable bonds is 9. The van der Waals surface area contributed by atoms with Gasteiger partial charge in [-0.2, -0.15) is 5.10 Å². The summed E-state index contributed by atoms with van der Waals surface area (Å²) in [7, 11) is -3.94. The van der Waals surface area contributed by atoms with E-state index in [1.165, 1.54) is 37.4 Å². The maximum absolute atomic E-state index is 12.8. The number of ether oxygens (including phenoxy) is 1. The molecule has 1 atom stereocenters. The molecule has 1 amide bonds. The second-order valence-electron chi connectivity index (χ2n) is 7.04. The number of benzene rings is 2. The molecule has 0 spiro atoms. The van der Waals surface area contributed by atoms with E-state index in [1.807, 2.05) is 6.92 Å². The van der Waals surface area contributed by atoms with Crippen LogP contribution in [0.5, 0.6) is 5.75 Å². The van der Waals surface area contributed by atoms with E-state index in [2.05, 4.69) is 15.2 Å². The molecule has 3 N–H and O–H groups in total. The molecule has 3 aromatic rings. The number of hydrogen-bond acceptors (Lipinski definition) is 7. The number of aliphatic carboxylic acids is 1. The Morgan fingerprint density at radius 1 is 1.21 bits per heavy atom. The Kier molecular flexibility index (Phi) is 7.92. The van der Waals surface area contributed by atoms with Crippen LogP contribution in [0.3, 0.4) is 0 Å². The largest absolute Gasteiger partial charge is 0.479 e. The average molecular weight is 522 g/mol. The van der Waals surface area contributed by atoms with Gasteiger partial charge in [0.05, 0.1) is 22.5 Å². The van der Waals surface area contributed by atoms with Crippen molar-refractivity contribution in [1.29, 1.82) is 0 Å². The van der Waals surface area contributed by atoms with E-state index in [0.717, 1.165) is 16.9 Å². The summed E-state index contributed by atoms with van der Waals surface area (Å²) in [5.41, 5.74) is 3.51. The highest BCUT2D eigenvalue weighted by atomic mass is 35.5. The van der Waals surface area contributed by atoms with Crippen molar-refractivity contribution in [2.24, 2.45) is 5.10 Å². The van der Waals surface area contributed by atoms with Gasteiger partial charge >= 0.3 is 5.97 Å². The Morgan fingerprint density at radius 3 is 2.65 bits per heavy atom. The van der Waals surface area contributed by atoms with E-state index in [-0.39, 0.29) is 26.2 Å². The number of carboxylic acid groups (broad SMARTS) is 1. The van der Waals surface area contributed by atoms with Gasteiger partial charge in [-0.1, -0.05) is 35.4 Å². The number of para-hydroxylation sites is 1. The van der Waals surface area contributed by atoms with Crippen molar-refractivity contribution in [3.8, 4) is 5.75 Å². The van der Waals surface area contributed by atoms with Crippen molar-refractivity contribution < 1.29 is 27.9 Å². The smallest absolute Gasteiger partial charge is 0.344 e. The van der Waals surface area contributed by atoms with Gasteiger partial charge in [-0.05, 0) is 49.6 Å². The van der Waals surface area contributed by atoms with Gasteiger partial charge in [0.25, 0.3) is 15.9 Å². The molecule has 1 unspecified atom stereocenters. The lowest BCUT2D eigenvalue weighted by Crippen LogP contribution is -2.23. The van der Waals surface area contributed by atoms with Crippen LogP contribution in [0.15, 0.2) is 63.2 Å². The summed E-state index contributed by atoms with van der Waals surface area (Å²) in [4.78, 5) is 23.9. The quantitative estimate of drug-likeness (QED) is 0.286. The number of hydrogen-bond donors (Lipinski definition) is 3. The number of carboxylic acids is 1. The molecule has 178 valence electrons. The first kappa shape index (κ1) is 25.2. The van der Waals surface area contributed by atoms with E-state index >= 15 is 0 Å². The monoisotopic (exact) mass is 521 g/mol. The van der Waals surface area contributed by atoms with Crippen molar-refractivity contribution in [3.05, 3.63) is 75.6 Å². The number of hydrazone groups is 1. The van der Waals surface area contributed by atoms with Crippen molar-refractivity contribution in [2.75, 3.05) is 4.72 Å². The molecule has 34 heavy (non-hydrogen) atoms. The van der Waals surface area contributed by atoms with Crippen LogP contribution in [0.4, 0.5) is 5.69 Å². The third-order valence-electron chi connectivity index (χ3n) is 4.44. The molecule has 0 aliphatic carbocycles. The number of sulfonamides is 1. The maximum atomic E-state index is 12.8. The van der Waals surface area contributed by atoms with Crippen LogP contribution >= 0.6 is 22.9 Å². The topological polar surface area (TPSA) is 134 Å². The van der Waals surface area contributed by atoms with Crippen molar-refractivity contribution in [3.63, 3.8) is 0 Å². The van der Waals surface area contributed by atoms with Gasteiger partial charge in [-0.3, -0.25) is 9.52 Å². The second-order valence-corrected chi connectivity index (χ2v) is 10.3. The first-order valence-corrected chi connectivity index (χ1v) is 12.5. The lowest BCUT2D eigenvalue weighted by molar-refractivity contribution is -0.144. The molecule has 9 nitrogen and oxygen atoms in total. The lowest BCUT2D eigenvalue weighted by Gasteiger charge is -2.13. The standard InChI is InChI=1S/C22H20ClN3O6S2/c1-13-8-9-18(32-14(2)22(28)29)15(11-13)12-24-25-21(27)16-5-3-6-17(23)20(16)26-34(30,31)19-7-4-10-33-19/h3-12,14,26H,1-2H3,(H,25,27)(H,28,29)/b24-12-. The first-order chi connectivity index (χ1) is 16.1. The fourth-order valence-electron chi connectivity index (χ4n) is 2.76. The number of nitrogens with zero attached hydrogens (tertiary/aromatic N) is 1. The predicted molar refractivity (Wildman–Crippen MR) is 131 cm³/mol. The third kappa shape index (κ3) is 6.13. The van der Waals surface area contributed by atoms with Crippen molar-refractivity contribution >= 4 is 56.7 Å².